The molecular weight excluding hydrogens is 344 g/mol. The average Bonchev–Trinajstić information content (AvgIpc) is 2.62. The maximum absolute atomic E-state index is 13.3. The molecule has 0 saturated heterocycles. The Balaban J connectivity index is 1.72. The molecule has 0 fully saturated rings. The lowest BCUT2D eigenvalue weighted by atomic mass is 10.0. The van der Waals surface area contributed by atoms with E-state index >= 15 is 0 Å². The Morgan fingerprint density at radius 3 is 2.50 bits per heavy atom. The molecule has 2 aromatic carbocycles. The van der Waals surface area contributed by atoms with Gasteiger partial charge in [-0.25, -0.2) is 13.6 Å². The molecule has 0 saturated carbocycles. The van der Waals surface area contributed by atoms with Crippen LogP contribution in [0.1, 0.15) is 39.6 Å². The fraction of sp³-hybridized carbons (Fsp3) is 0.211. The molecule has 1 N–H and O–H groups in total. The molecule has 5 nitrogen and oxygen atoms in total. The summed E-state index contributed by atoms with van der Waals surface area (Å²) in [7, 11) is 0. The van der Waals surface area contributed by atoms with E-state index in [1.54, 1.807) is 12.1 Å². The maximum atomic E-state index is 13.3. The van der Waals surface area contributed by atoms with Crippen molar-refractivity contribution in [1.82, 2.24) is 0 Å². The molecule has 1 unspecified atom stereocenters. The zero-order valence-electron chi connectivity index (χ0n) is 13.8. The van der Waals surface area contributed by atoms with Crippen molar-refractivity contribution in [2.75, 3.05) is 5.32 Å². The van der Waals surface area contributed by atoms with E-state index in [1.165, 1.54) is 13.0 Å². The summed E-state index contributed by atoms with van der Waals surface area (Å²) >= 11 is 0. The number of anilines is 1. The highest BCUT2D eigenvalue weighted by Crippen LogP contribution is 2.24. The molecule has 0 aliphatic carbocycles. The largest absolute Gasteiger partial charge is 0.451 e. The molecule has 134 valence electrons. The van der Waals surface area contributed by atoms with Gasteiger partial charge >= 0.3 is 5.97 Å². The maximum Gasteiger partial charge on any atom is 0.338 e. The molecule has 1 aliphatic heterocycles. The minimum absolute atomic E-state index is 0.0847. The van der Waals surface area contributed by atoms with Gasteiger partial charge in [-0.1, -0.05) is 0 Å². The predicted octanol–water partition coefficient (Wildman–Crippen LogP) is 3.28. The number of esters is 1. The minimum Gasteiger partial charge on any atom is -0.451 e. The molecule has 0 bridgehead atoms. The number of Topliss-reactive ketones (excluding diaryl/α,β-unsaturated/α-hetero) is 1. The zero-order chi connectivity index (χ0) is 18.8. The molecular formula is C19H15F2NO4. The first kappa shape index (κ1) is 17.7. The van der Waals surface area contributed by atoms with Crippen molar-refractivity contribution in [3.63, 3.8) is 0 Å². The summed E-state index contributed by atoms with van der Waals surface area (Å²) in [4.78, 5) is 35.9. The van der Waals surface area contributed by atoms with Crippen LogP contribution >= 0.6 is 0 Å². The van der Waals surface area contributed by atoms with Gasteiger partial charge in [-0.05, 0) is 55.3 Å². The number of hydrogen-bond donors (Lipinski definition) is 1. The second-order valence-corrected chi connectivity index (χ2v) is 5.96. The number of fused-ring (bicyclic) bond motifs is 1. The van der Waals surface area contributed by atoms with Crippen molar-refractivity contribution in [2.24, 2.45) is 0 Å². The molecule has 7 heteroatoms. The van der Waals surface area contributed by atoms with Crippen molar-refractivity contribution >= 4 is 23.3 Å². The molecule has 1 aliphatic rings. The van der Waals surface area contributed by atoms with E-state index in [0.717, 1.165) is 23.8 Å². The molecule has 3 rings (SSSR count). The summed E-state index contributed by atoms with van der Waals surface area (Å²) in [5.74, 6) is -3.65. The van der Waals surface area contributed by atoms with Gasteiger partial charge in [0.25, 0.3) is 0 Å². The van der Waals surface area contributed by atoms with Crippen LogP contribution in [0.2, 0.25) is 0 Å². The molecule has 2 aromatic rings. The van der Waals surface area contributed by atoms with Gasteiger partial charge in [0, 0.05) is 17.7 Å². The minimum atomic E-state index is -1.16. The van der Waals surface area contributed by atoms with E-state index in [9.17, 15) is 23.2 Å². The Morgan fingerprint density at radius 2 is 1.77 bits per heavy atom. The number of carbonyl (C=O) groups is 3. The van der Waals surface area contributed by atoms with Gasteiger partial charge in [-0.2, -0.15) is 0 Å². The molecule has 0 radical (unpaired) electrons. The van der Waals surface area contributed by atoms with E-state index in [4.69, 9.17) is 4.74 Å². The summed E-state index contributed by atoms with van der Waals surface area (Å²) in [6.45, 7) is 1.36. The second-order valence-electron chi connectivity index (χ2n) is 5.96. The highest BCUT2D eigenvalue weighted by molar-refractivity contribution is 6.01. The van der Waals surface area contributed by atoms with Crippen LogP contribution < -0.4 is 5.32 Å². The lowest BCUT2D eigenvalue weighted by Gasteiger charge is -2.18. The quantitative estimate of drug-likeness (QED) is 0.672. The van der Waals surface area contributed by atoms with Crippen LogP contribution in [-0.4, -0.2) is 23.8 Å². The van der Waals surface area contributed by atoms with Crippen LogP contribution in [-0.2, 0) is 16.0 Å². The smallest absolute Gasteiger partial charge is 0.338 e. The number of carbonyl (C=O) groups excluding carboxylic acids is 3. The summed E-state index contributed by atoms with van der Waals surface area (Å²) in [6.07, 6.45) is -0.328. The number of ketones is 1. The van der Waals surface area contributed by atoms with Crippen LogP contribution in [0.15, 0.2) is 36.4 Å². The molecule has 1 amide bonds. The normalized spacial score (nSPS) is 14.2. The number of aryl methyl sites for hydroxylation is 1. The molecule has 1 atom stereocenters. The fourth-order valence-electron chi connectivity index (χ4n) is 2.68. The third kappa shape index (κ3) is 3.61. The van der Waals surface area contributed by atoms with Crippen LogP contribution in [0.4, 0.5) is 14.5 Å². The average molecular weight is 359 g/mol. The number of amides is 1. The van der Waals surface area contributed by atoms with Crippen molar-refractivity contribution in [3.8, 4) is 0 Å². The van der Waals surface area contributed by atoms with Crippen LogP contribution in [0.3, 0.4) is 0 Å². The van der Waals surface area contributed by atoms with E-state index in [0.29, 0.717) is 18.5 Å². The fourth-order valence-corrected chi connectivity index (χ4v) is 2.68. The van der Waals surface area contributed by atoms with Gasteiger partial charge < -0.3 is 10.1 Å². The summed E-state index contributed by atoms with van der Waals surface area (Å²) in [5, 5.41) is 2.71. The van der Waals surface area contributed by atoms with Gasteiger partial charge in [0.05, 0.1) is 5.56 Å². The van der Waals surface area contributed by atoms with E-state index in [1.807, 2.05) is 0 Å². The summed E-state index contributed by atoms with van der Waals surface area (Å²) in [5.41, 5.74) is 1.60. The molecule has 0 aromatic heterocycles. The molecule has 26 heavy (non-hydrogen) atoms. The van der Waals surface area contributed by atoms with Crippen LogP contribution in [0.25, 0.3) is 0 Å². The lowest BCUT2D eigenvalue weighted by Crippen LogP contribution is -2.25. The van der Waals surface area contributed by atoms with E-state index in [2.05, 4.69) is 5.32 Å². The SMILES string of the molecule is CC(OC(=O)c1ccc2c(c1)CCC(=O)N2)C(=O)c1ccc(F)c(F)c1. The number of rotatable bonds is 4. The third-order valence-electron chi connectivity index (χ3n) is 4.09. The first-order valence-electron chi connectivity index (χ1n) is 7.98. The lowest BCUT2D eigenvalue weighted by molar-refractivity contribution is -0.116. The Kier molecular flexibility index (Phi) is 4.79. The third-order valence-corrected chi connectivity index (χ3v) is 4.09. The standard InChI is InChI=1S/C19H15F2NO4/c1-10(18(24)12-2-5-14(20)15(21)9-12)26-19(25)13-3-6-16-11(8-13)4-7-17(23)22-16/h2-3,5-6,8-10H,4,7H2,1H3,(H,22,23). The van der Waals surface area contributed by atoms with Crippen molar-refractivity contribution < 1.29 is 27.9 Å². The summed E-state index contributed by atoms with van der Waals surface area (Å²) < 4.78 is 31.4. The van der Waals surface area contributed by atoms with Crippen molar-refractivity contribution in [1.29, 1.82) is 0 Å². The first-order valence-corrected chi connectivity index (χ1v) is 7.98. The predicted molar refractivity (Wildman–Crippen MR) is 89.0 cm³/mol. The Morgan fingerprint density at radius 1 is 1.04 bits per heavy atom. The Bertz CT molecular complexity index is 910. The van der Waals surface area contributed by atoms with Crippen LogP contribution in [0.5, 0.6) is 0 Å². The highest BCUT2D eigenvalue weighted by Gasteiger charge is 2.23. The van der Waals surface area contributed by atoms with Gasteiger partial charge in [0.2, 0.25) is 11.7 Å². The highest BCUT2D eigenvalue weighted by atomic mass is 19.2. The number of ether oxygens (including phenoxy) is 1. The number of hydrogen-bond acceptors (Lipinski definition) is 4. The van der Waals surface area contributed by atoms with Gasteiger partial charge in [-0.15, -0.1) is 0 Å². The first-order chi connectivity index (χ1) is 12.3. The van der Waals surface area contributed by atoms with Gasteiger partial charge in [0.15, 0.2) is 17.7 Å². The number of benzene rings is 2. The Hall–Kier alpha value is -3.09. The number of nitrogens with one attached hydrogen (secondary N) is 1. The topological polar surface area (TPSA) is 72.5 Å². The molecule has 0 spiro atoms. The number of halogens is 2. The van der Waals surface area contributed by atoms with Gasteiger partial charge in [-0.3, -0.25) is 9.59 Å². The van der Waals surface area contributed by atoms with E-state index < -0.39 is 29.5 Å². The molecule has 1 heterocycles. The second kappa shape index (κ2) is 7.03. The van der Waals surface area contributed by atoms with E-state index in [-0.39, 0.29) is 17.0 Å². The zero-order valence-corrected chi connectivity index (χ0v) is 13.8. The van der Waals surface area contributed by atoms with Gasteiger partial charge in [0.1, 0.15) is 0 Å². The van der Waals surface area contributed by atoms with Crippen molar-refractivity contribution in [2.45, 2.75) is 25.9 Å². The summed E-state index contributed by atoms with van der Waals surface area (Å²) in [6, 6.07) is 7.43. The Labute approximate surface area is 148 Å². The van der Waals surface area contributed by atoms with Crippen molar-refractivity contribution in [3.05, 3.63) is 64.7 Å². The monoisotopic (exact) mass is 359 g/mol. The van der Waals surface area contributed by atoms with Crippen LogP contribution in [0, 0.1) is 11.6 Å².